The van der Waals surface area contributed by atoms with Gasteiger partial charge in [-0.2, -0.15) is 5.06 Å². The predicted molar refractivity (Wildman–Crippen MR) is 78.2 cm³/mol. The maximum Gasteiger partial charge on any atom is 0.256 e. The molecule has 0 aliphatic carbocycles. The minimum absolute atomic E-state index is 0.0675. The van der Waals surface area contributed by atoms with E-state index in [9.17, 15) is 10.0 Å². The number of carbonyl (C=O) groups is 1. The van der Waals surface area contributed by atoms with Crippen LogP contribution in [0.15, 0.2) is 48.5 Å². The van der Waals surface area contributed by atoms with Crippen LogP contribution >= 0.6 is 11.6 Å². The van der Waals surface area contributed by atoms with E-state index in [-0.39, 0.29) is 5.91 Å². The fourth-order valence-electron chi connectivity index (χ4n) is 3.46. The minimum Gasteiger partial charge on any atom is -0.311 e. The van der Waals surface area contributed by atoms with E-state index in [2.05, 4.69) is 0 Å². The Morgan fingerprint density at radius 2 is 1.86 bits per heavy atom. The molecule has 2 aromatic carbocycles. The van der Waals surface area contributed by atoms with Crippen molar-refractivity contribution in [3.8, 4) is 0 Å². The quantitative estimate of drug-likeness (QED) is 0.880. The number of hydroxylamine groups is 2. The van der Waals surface area contributed by atoms with Crippen molar-refractivity contribution in [2.45, 2.75) is 5.66 Å². The van der Waals surface area contributed by atoms with Crippen LogP contribution in [0.2, 0.25) is 5.02 Å². The first-order valence-corrected chi connectivity index (χ1v) is 7.17. The van der Waals surface area contributed by atoms with Gasteiger partial charge < -0.3 is 10.1 Å². The number of carbonyl (C=O) groups excluding carboxylic acids is 1. The van der Waals surface area contributed by atoms with Crippen LogP contribution in [0.5, 0.6) is 0 Å². The Labute approximate surface area is 127 Å². The summed E-state index contributed by atoms with van der Waals surface area (Å²) in [5, 5.41) is 12.3. The van der Waals surface area contributed by atoms with Gasteiger partial charge in [0.1, 0.15) is 0 Å². The van der Waals surface area contributed by atoms with E-state index in [1.54, 1.807) is 23.1 Å². The minimum atomic E-state index is -0.960. The van der Waals surface area contributed by atoms with E-state index in [0.717, 1.165) is 11.1 Å². The summed E-state index contributed by atoms with van der Waals surface area (Å²) in [5.74, 6) is -0.0675. The standard InChI is InChI=1S/C16H13ClN2O2/c17-12-6-7-13-14(10-12)16(11-4-2-1-3-5-11)18(15(13)20)8-9-19(16)21/h1-7,10,21H,8-9H2. The fourth-order valence-corrected chi connectivity index (χ4v) is 3.63. The highest BCUT2D eigenvalue weighted by Gasteiger charge is 2.58. The average Bonchev–Trinajstić information content (AvgIpc) is 2.96. The summed E-state index contributed by atoms with van der Waals surface area (Å²) in [6.07, 6.45) is 0. The topological polar surface area (TPSA) is 43.8 Å². The van der Waals surface area contributed by atoms with Crippen molar-refractivity contribution >= 4 is 17.5 Å². The van der Waals surface area contributed by atoms with Gasteiger partial charge in [-0.15, -0.1) is 0 Å². The van der Waals surface area contributed by atoms with Gasteiger partial charge in [0.05, 0.1) is 0 Å². The van der Waals surface area contributed by atoms with Crippen molar-refractivity contribution in [1.82, 2.24) is 9.96 Å². The Hall–Kier alpha value is -1.88. The summed E-state index contributed by atoms with van der Waals surface area (Å²) in [6, 6.07) is 14.8. The van der Waals surface area contributed by atoms with Crippen molar-refractivity contribution in [3.63, 3.8) is 0 Å². The lowest BCUT2D eigenvalue weighted by atomic mass is 9.91. The Morgan fingerprint density at radius 3 is 2.62 bits per heavy atom. The maximum absolute atomic E-state index is 12.7. The zero-order chi connectivity index (χ0) is 14.6. The van der Waals surface area contributed by atoms with Crippen LogP contribution in [0.3, 0.4) is 0 Å². The molecule has 0 spiro atoms. The van der Waals surface area contributed by atoms with Crippen LogP contribution in [0.4, 0.5) is 0 Å². The van der Waals surface area contributed by atoms with Crippen molar-refractivity contribution in [1.29, 1.82) is 0 Å². The predicted octanol–water partition coefficient (Wildman–Crippen LogP) is 2.70. The lowest BCUT2D eigenvalue weighted by molar-refractivity contribution is -0.159. The summed E-state index contributed by atoms with van der Waals surface area (Å²) in [4.78, 5) is 14.4. The molecule has 1 atom stereocenters. The lowest BCUT2D eigenvalue weighted by Gasteiger charge is -2.37. The third-order valence-electron chi connectivity index (χ3n) is 4.31. The van der Waals surface area contributed by atoms with E-state index in [0.29, 0.717) is 23.7 Å². The van der Waals surface area contributed by atoms with Crippen LogP contribution in [0.25, 0.3) is 0 Å². The molecule has 21 heavy (non-hydrogen) atoms. The molecule has 2 aromatic rings. The molecular formula is C16H13ClN2O2. The van der Waals surface area contributed by atoms with Crippen molar-refractivity contribution < 1.29 is 10.0 Å². The number of hydrogen-bond donors (Lipinski definition) is 1. The number of amides is 1. The highest BCUT2D eigenvalue weighted by atomic mass is 35.5. The van der Waals surface area contributed by atoms with Gasteiger partial charge in [0.2, 0.25) is 0 Å². The second-order valence-electron chi connectivity index (χ2n) is 5.31. The maximum atomic E-state index is 12.7. The molecule has 0 aromatic heterocycles. The largest absolute Gasteiger partial charge is 0.311 e. The van der Waals surface area contributed by atoms with Gasteiger partial charge in [-0.25, -0.2) is 0 Å². The fraction of sp³-hybridized carbons (Fsp3) is 0.188. The number of fused-ring (bicyclic) bond motifs is 3. The van der Waals surface area contributed by atoms with Crippen LogP contribution < -0.4 is 0 Å². The number of benzene rings is 2. The molecule has 1 amide bonds. The molecule has 0 saturated carbocycles. The van der Waals surface area contributed by atoms with Crippen molar-refractivity contribution in [2.75, 3.05) is 13.1 Å². The highest BCUT2D eigenvalue weighted by Crippen LogP contribution is 2.49. The van der Waals surface area contributed by atoms with E-state index < -0.39 is 5.66 Å². The van der Waals surface area contributed by atoms with E-state index in [1.807, 2.05) is 30.3 Å². The average molecular weight is 301 g/mol. The number of rotatable bonds is 1. The van der Waals surface area contributed by atoms with Gasteiger partial charge in [-0.1, -0.05) is 41.9 Å². The number of halogens is 1. The summed E-state index contributed by atoms with van der Waals surface area (Å²) in [7, 11) is 0. The van der Waals surface area contributed by atoms with E-state index in [4.69, 9.17) is 11.6 Å². The molecule has 1 N–H and O–H groups in total. The normalized spacial score (nSPS) is 24.3. The molecule has 2 aliphatic heterocycles. The molecule has 5 heteroatoms. The lowest BCUT2D eigenvalue weighted by Crippen LogP contribution is -2.47. The Kier molecular flexibility index (Phi) is 2.63. The highest BCUT2D eigenvalue weighted by molar-refractivity contribution is 6.30. The monoisotopic (exact) mass is 300 g/mol. The summed E-state index contributed by atoms with van der Waals surface area (Å²) in [5.41, 5.74) is 1.24. The first-order chi connectivity index (χ1) is 10.2. The molecule has 0 bridgehead atoms. The summed E-state index contributed by atoms with van der Waals surface area (Å²) >= 11 is 6.13. The third kappa shape index (κ3) is 1.50. The van der Waals surface area contributed by atoms with Crippen LogP contribution in [0, 0.1) is 0 Å². The third-order valence-corrected chi connectivity index (χ3v) is 4.54. The number of hydrogen-bond acceptors (Lipinski definition) is 3. The summed E-state index contributed by atoms with van der Waals surface area (Å²) in [6.45, 7) is 0.892. The summed E-state index contributed by atoms with van der Waals surface area (Å²) < 4.78 is 0. The zero-order valence-corrected chi connectivity index (χ0v) is 11.9. The van der Waals surface area contributed by atoms with Gasteiger partial charge >= 0.3 is 0 Å². The molecule has 1 fully saturated rings. The number of nitrogens with zero attached hydrogens (tertiary/aromatic N) is 2. The van der Waals surface area contributed by atoms with Crippen molar-refractivity contribution in [2.24, 2.45) is 0 Å². The molecule has 2 heterocycles. The smallest absolute Gasteiger partial charge is 0.256 e. The van der Waals surface area contributed by atoms with Gasteiger partial charge in [0.25, 0.3) is 5.91 Å². The van der Waals surface area contributed by atoms with Gasteiger partial charge in [0.15, 0.2) is 5.66 Å². The molecule has 1 saturated heterocycles. The second-order valence-corrected chi connectivity index (χ2v) is 5.74. The van der Waals surface area contributed by atoms with Gasteiger partial charge in [0, 0.05) is 29.2 Å². The van der Waals surface area contributed by atoms with Crippen molar-refractivity contribution in [3.05, 3.63) is 70.2 Å². The van der Waals surface area contributed by atoms with Gasteiger partial charge in [-0.05, 0) is 23.8 Å². The SMILES string of the molecule is O=C1c2ccc(Cl)cc2C2(c3ccccc3)N(O)CCN12. The molecule has 106 valence electrons. The van der Waals surface area contributed by atoms with Crippen LogP contribution in [-0.4, -0.2) is 34.2 Å². The first kappa shape index (κ1) is 12.8. The van der Waals surface area contributed by atoms with Gasteiger partial charge in [-0.3, -0.25) is 4.79 Å². The zero-order valence-electron chi connectivity index (χ0n) is 11.2. The molecular weight excluding hydrogens is 288 g/mol. The molecule has 4 rings (SSSR count). The van der Waals surface area contributed by atoms with E-state index in [1.165, 1.54) is 5.06 Å². The Morgan fingerprint density at radius 1 is 1.10 bits per heavy atom. The van der Waals surface area contributed by atoms with Crippen LogP contribution in [0.1, 0.15) is 21.5 Å². The Balaban J connectivity index is 2.06. The molecule has 0 radical (unpaired) electrons. The Bertz CT molecular complexity index is 734. The molecule has 1 unspecified atom stereocenters. The first-order valence-electron chi connectivity index (χ1n) is 6.80. The molecule has 2 aliphatic rings. The molecule has 4 nitrogen and oxygen atoms in total. The van der Waals surface area contributed by atoms with Crippen LogP contribution in [-0.2, 0) is 5.66 Å². The second kappa shape index (κ2) is 4.31. The van der Waals surface area contributed by atoms with E-state index >= 15 is 0 Å².